The Bertz CT molecular complexity index is 547. The quantitative estimate of drug-likeness (QED) is 0.898. The second-order valence-electron chi connectivity index (χ2n) is 6.26. The van der Waals surface area contributed by atoms with Crippen molar-refractivity contribution in [1.82, 2.24) is 5.32 Å². The molecule has 1 saturated carbocycles. The first-order valence-electron chi connectivity index (χ1n) is 7.83. The van der Waals surface area contributed by atoms with Gasteiger partial charge in [-0.3, -0.25) is 0 Å². The van der Waals surface area contributed by atoms with Crippen molar-refractivity contribution in [1.29, 1.82) is 5.26 Å². The molecule has 2 rings (SSSR count). The molecule has 0 radical (unpaired) electrons. The van der Waals surface area contributed by atoms with Crippen LogP contribution in [-0.2, 0) is 0 Å². The van der Waals surface area contributed by atoms with Crippen molar-refractivity contribution in [3.63, 3.8) is 0 Å². The van der Waals surface area contributed by atoms with Gasteiger partial charge in [-0.15, -0.1) is 0 Å². The van der Waals surface area contributed by atoms with Crippen molar-refractivity contribution in [3.8, 4) is 11.8 Å². The van der Waals surface area contributed by atoms with Crippen molar-refractivity contribution >= 4 is 0 Å². The van der Waals surface area contributed by atoms with Gasteiger partial charge in [0.1, 0.15) is 11.3 Å². The normalized spacial score (nSPS) is 24.8. The van der Waals surface area contributed by atoms with Gasteiger partial charge in [0.15, 0.2) is 0 Å². The monoisotopic (exact) mass is 286 g/mol. The van der Waals surface area contributed by atoms with Crippen LogP contribution in [0.2, 0.25) is 0 Å². The van der Waals surface area contributed by atoms with Gasteiger partial charge >= 0.3 is 0 Å². The molecule has 1 aliphatic rings. The first kappa shape index (κ1) is 15.9. The van der Waals surface area contributed by atoms with E-state index in [1.165, 1.54) is 16.7 Å². The molecule has 1 fully saturated rings. The van der Waals surface area contributed by atoms with E-state index < -0.39 is 0 Å². The first-order valence-corrected chi connectivity index (χ1v) is 7.83. The Kier molecular flexibility index (Phi) is 4.90. The van der Waals surface area contributed by atoms with Gasteiger partial charge in [0.25, 0.3) is 0 Å². The van der Waals surface area contributed by atoms with Crippen LogP contribution in [-0.4, -0.2) is 19.2 Å². The number of hydrogen-bond donors (Lipinski definition) is 1. The summed E-state index contributed by atoms with van der Waals surface area (Å²) in [6.07, 6.45) is 4.12. The lowest BCUT2D eigenvalue weighted by Crippen LogP contribution is -2.45. The summed E-state index contributed by atoms with van der Waals surface area (Å²) in [5.74, 6) is 1.37. The van der Waals surface area contributed by atoms with Crippen molar-refractivity contribution in [3.05, 3.63) is 28.8 Å². The van der Waals surface area contributed by atoms with Gasteiger partial charge < -0.3 is 10.1 Å². The number of nitrogens with one attached hydrogen (secondary N) is 1. The molecule has 114 valence electrons. The zero-order valence-electron chi connectivity index (χ0n) is 13.6. The molecule has 1 aromatic rings. The highest BCUT2D eigenvalue weighted by Crippen LogP contribution is 2.37. The summed E-state index contributed by atoms with van der Waals surface area (Å²) in [4.78, 5) is 0. The smallest absolute Gasteiger partial charge is 0.122 e. The molecule has 0 aliphatic heterocycles. The third-order valence-electron chi connectivity index (χ3n) is 4.95. The molecule has 0 saturated heterocycles. The molecule has 1 aromatic carbocycles. The van der Waals surface area contributed by atoms with Crippen molar-refractivity contribution in [2.45, 2.75) is 52.0 Å². The van der Waals surface area contributed by atoms with Crippen LogP contribution >= 0.6 is 0 Å². The minimum absolute atomic E-state index is 0.346. The molecule has 21 heavy (non-hydrogen) atoms. The Morgan fingerprint density at radius 1 is 1.38 bits per heavy atom. The lowest BCUT2D eigenvalue weighted by Gasteiger charge is -2.28. The second-order valence-corrected chi connectivity index (χ2v) is 6.26. The van der Waals surface area contributed by atoms with Crippen LogP contribution in [0.25, 0.3) is 0 Å². The highest BCUT2D eigenvalue weighted by atomic mass is 16.5. The molecule has 0 amide bonds. The van der Waals surface area contributed by atoms with Crippen LogP contribution < -0.4 is 10.1 Å². The molecule has 3 heteroatoms. The standard InChI is InChI=1S/C18H26N2O/c1-13-10-14(2)15(3)17(11-13)21-9-7-16-6-5-8-18(16,12-19)20-4/h10-11,16,20H,5-9H2,1-4H3. The van der Waals surface area contributed by atoms with Crippen LogP contribution in [0, 0.1) is 38.0 Å². The van der Waals surface area contributed by atoms with E-state index in [2.05, 4.69) is 44.3 Å². The summed E-state index contributed by atoms with van der Waals surface area (Å²) < 4.78 is 6.01. The molecule has 2 atom stereocenters. The van der Waals surface area contributed by atoms with Gasteiger partial charge in [0, 0.05) is 0 Å². The number of nitriles is 1. The zero-order chi connectivity index (χ0) is 15.5. The van der Waals surface area contributed by atoms with Crippen molar-refractivity contribution < 1.29 is 4.74 Å². The minimum atomic E-state index is -0.346. The van der Waals surface area contributed by atoms with Gasteiger partial charge in [-0.2, -0.15) is 5.26 Å². The van der Waals surface area contributed by atoms with E-state index in [0.717, 1.165) is 31.4 Å². The highest BCUT2D eigenvalue weighted by Gasteiger charge is 2.41. The Balaban J connectivity index is 1.98. The predicted molar refractivity (Wildman–Crippen MR) is 85.5 cm³/mol. The number of ether oxygens (including phenoxy) is 1. The maximum atomic E-state index is 9.47. The largest absolute Gasteiger partial charge is 0.493 e. The van der Waals surface area contributed by atoms with E-state index in [0.29, 0.717) is 12.5 Å². The summed E-state index contributed by atoms with van der Waals surface area (Å²) in [6, 6.07) is 6.77. The van der Waals surface area contributed by atoms with Gasteiger partial charge in [-0.05, 0) is 75.8 Å². The first-order chi connectivity index (χ1) is 10.0. The summed E-state index contributed by atoms with van der Waals surface area (Å²) >= 11 is 0. The molecule has 2 unspecified atom stereocenters. The second kappa shape index (κ2) is 6.49. The Labute approximate surface area is 128 Å². The SMILES string of the molecule is CNC1(C#N)CCCC1CCOc1cc(C)cc(C)c1C. The van der Waals surface area contributed by atoms with Gasteiger partial charge in [0.2, 0.25) is 0 Å². The fourth-order valence-electron chi connectivity index (χ4n) is 3.46. The van der Waals surface area contributed by atoms with Crippen LogP contribution in [0.4, 0.5) is 0 Å². The molecule has 0 spiro atoms. The predicted octanol–water partition coefficient (Wildman–Crippen LogP) is 3.66. The van der Waals surface area contributed by atoms with Gasteiger partial charge in [0.05, 0.1) is 12.7 Å². The maximum Gasteiger partial charge on any atom is 0.122 e. The number of benzene rings is 1. The molecular weight excluding hydrogens is 260 g/mol. The molecule has 3 nitrogen and oxygen atoms in total. The zero-order valence-corrected chi connectivity index (χ0v) is 13.6. The molecule has 0 bridgehead atoms. The molecule has 1 N–H and O–H groups in total. The summed E-state index contributed by atoms with van der Waals surface area (Å²) in [6.45, 7) is 7.00. The Hall–Kier alpha value is -1.53. The number of hydrogen-bond acceptors (Lipinski definition) is 3. The topological polar surface area (TPSA) is 45.0 Å². The average molecular weight is 286 g/mol. The summed E-state index contributed by atoms with van der Waals surface area (Å²) in [7, 11) is 1.90. The average Bonchev–Trinajstić information content (AvgIpc) is 2.87. The lowest BCUT2D eigenvalue weighted by molar-refractivity contribution is 0.238. The van der Waals surface area contributed by atoms with Crippen LogP contribution in [0.1, 0.15) is 42.4 Å². The van der Waals surface area contributed by atoms with Crippen LogP contribution in [0.3, 0.4) is 0 Å². The fourth-order valence-corrected chi connectivity index (χ4v) is 3.46. The fraction of sp³-hybridized carbons (Fsp3) is 0.611. The lowest BCUT2D eigenvalue weighted by atomic mass is 9.86. The van der Waals surface area contributed by atoms with Gasteiger partial charge in [-0.1, -0.05) is 12.5 Å². The third kappa shape index (κ3) is 3.22. The minimum Gasteiger partial charge on any atom is -0.493 e. The van der Waals surface area contributed by atoms with E-state index >= 15 is 0 Å². The highest BCUT2D eigenvalue weighted by molar-refractivity contribution is 5.41. The summed E-state index contributed by atoms with van der Waals surface area (Å²) in [5, 5.41) is 12.7. The van der Waals surface area contributed by atoms with E-state index in [1.807, 2.05) is 7.05 Å². The van der Waals surface area contributed by atoms with Crippen molar-refractivity contribution in [2.24, 2.45) is 5.92 Å². The molecule has 0 aromatic heterocycles. The van der Waals surface area contributed by atoms with E-state index in [1.54, 1.807) is 0 Å². The van der Waals surface area contributed by atoms with Crippen molar-refractivity contribution in [2.75, 3.05) is 13.7 Å². The van der Waals surface area contributed by atoms with E-state index in [4.69, 9.17) is 4.74 Å². The maximum absolute atomic E-state index is 9.47. The van der Waals surface area contributed by atoms with E-state index in [9.17, 15) is 5.26 Å². The molecule has 1 aliphatic carbocycles. The Morgan fingerprint density at radius 2 is 2.14 bits per heavy atom. The number of nitrogens with zero attached hydrogens (tertiary/aromatic N) is 1. The number of aryl methyl sites for hydroxylation is 2. The van der Waals surface area contributed by atoms with E-state index in [-0.39, 0.29) is 5.54 Å². The molecule has 0 heterocycles. The number of rotatable bonds is 5. The third-order valence-corrected chi connectivity index (χ3v) is 4.95. The van der Waals surface area contributed by atoms with Gasteiger partial charge in [-0.25, -0.2) is 0 Å². The van der Waals surface area contributed by atoms with Crippen LogP contribution in [0.15, 0.2) is 12.1 Å². The molecular formula is C18H26N2O. The summed E-state index contributed by atoms with van der Waals surface area (Å²) in [5.41, 5.74) is 3.37. The Morgan fingerprint density at radius 3 is 2.81 bits per heavy atom. The van der Waals surface area contributed by atoms with Crippen LogP contribution in [0.5, 0.6) is 5.75 Å².